The van der Waals surface area contributed by atoms with Crippen molar-refractivity contribution in [2.45, 2.75) is 25.0 Å². The van der Waals surface area contributed by atoms with E-state index in [2.05, 4.69) is 0 Å². The molecular weight excluding hydrogens is 144 g/mol. The average molecular weight is 154 g/mol. The monoisotopic (exact) mass is 154 g/mol. The van der Waals surface area contributed by atoms with Crippen LogP contribution in [0.5, 0.6) is 0 Å². The lowest BCUT2D eigenvalue weighted by Crippen LogP contribution is -2.34. The van der Waals surface area contributed by atoms with Crippen molar-refractivity contribution in [1.82, 2.24) is 0 Å². The van der Waals surface area contributed by atoms with Crippen LogP contribution in [0.15, 0.2) is 12.3 Å². The van der Waals surface area contributed by atoms with E-state index in [9.17, 15) is 4.79 Å². The zero-order valence-electron chi connectivity index (χ0n) is 6.21. The van der Waals surface area contributed by atoms with Crippen molar-refractivity contribution in [1.29, 1.82) is 0 Å². The lowest BCUT2D eigenvalue weighted by Gasteiger charge is -2.28. The molecule has 0 aromatic carbocycles. The van der Waals surface area contributed by atoms with E-state index >= 15 is 0 Å². The van der Waals surface area contributed by atoms with Gasteiger partial charge in [-0.2, -0.15) is 0 Å². The summed E-state index contributed by atoms with van der Waals surface area (Å²) in [7, 11) is 0. The van der Waals surface area contributed by atoms with Gasteiger partial charge in [-0.05, 0) is 6.42 Å². The summed E-state index contributed by atoms with van der Waals surface area (Å²) in [6.45, 7) is 0.709. The molecule has 0 unspecified atom stereocenters. The molecule has 0 aromatic rings. The van der Waals surface area contributed by atoms with Gasteiger partial charge < -0.3 is 9.47 Å². The highest BCUT2D eigenvalue weighted by Gasteiger charge is 2.39. The Hall–Kier alpha value is -0.830. The predicted molar refractivity (Wildman–Crippen MR) is 37.8 cm³/mol. The Labute approximate surface area is 65.0 Å². The highest BCUT2D eigenvalue weighted by Crippen LogP contribution is 2.32. The SMILES string of the molecule is O=C1C=CO[C@@]2(CCCO2)C1. The van der Waals surface area contributed by atoms with Crippen LogP contribution in [0.4, 0.5) is 0 Å². The standard InChI is InChI=1S/C8H10O3/c9-7-2-5-11-8(6-7)3-1-4-10-8/h2,5H,1,3-4,6H2/t8-/m0/s1. The number of rotatable bonds is 0. The molecule has 60 valence electrons. The van der Waals surface area contributed by atoms with Gasteiger partial charge in [0, 0.05) is 12.5 Å². The van der Waals surface area contributed by atoms with Crippen molar-refractivity contribution >= 4 is 5.78 Å². The van der Waals surface area contributed by atoms with Gasteiger partial charge in [-0.1, -0.05) is 0 Å². The van der Waals surface area contributed by atoms with Crippen LogP contribution in [-0.2, 0) is 14.3 Å². The number of allylic oxidation sites excluding steroid dienone is 1. The number of carbonyl (C=O) groups is 1. The lowest BCUT2D eigenvalue weighted by molar-refractivity contribution is -0.186. The molecule has 2 aliphatic heterocycles. The Morgan fingerprint density at radius 1 is 1.55 bits per heavy atom. The third kappa shape index (κ3) is 1.16. The minimum absolute atomic E-state index is 0.0955. The van der Waals surface area contributed by atoms with Crippen molar-refractivity contribution in [2.75, 3.05) is 6.61 Å². The zero-order chi connectivity index (χ0) is 7.73. The second-order valence-electron chi connectivity index (χ2n) is 2.93. The molecule has 0 aliphatic carbocycles. The number of hydrogen-bond donors (Lipinski definition) is 0. The molecule has 0 bridgehead atoms. The molecule has 0 saturated carbocycles. The van der Waals surface area contributed by atoms with Gasteiger partial charge in [0.25, 0.3) is 0 Å². The molecule has 2 aliphatic rings. The number of ether oxygens (including phenoxy) is 2. The fraction of sp³-hybridized carbons (Fsp3) is 0.625. The topological polar surface area (TPSA) is 35.5 Å². The van der Waals surface area contributed by atoms with E-state index in [-0.39, 0.29) is 5.78 Å². The summed E-state index contributed by atoms with van der Waals surface area (Å²) in [6.07, 6.45) is 5.10. The van der Waals surface area contributed by atoms with Crippen LogP contribution in [-0.4, -0.2) is 18.2 Å². The molecule has 3 heteroatoms. The number of hydrogen-bond acceptors (Lipinski definition) is 3. The van der Waals surface area contributed by atoms with E-state index in [4.69, 9.17) is 9.47 Å². The first-order valence-electron chi connectivity index (χ1n) is 3.82. The summed E-state index contributed by atoms with van der Waals surface area (Å²) in [5.41, 5.74) is 0. The Morgan fingerprint density at radius 3 is 3.09 bits per heavy atom. The lowest BCUT2D eigenvalue weighted by atomic mass is 10.0. The number of ketones is 1. The third-order valence-electron chi connectivity index (χ3n) is 2.05. The summed E-state index contributed by atoms with van der Waals surface area (Å²) in [5.74, 6) is -0.496. The molecule has 0 aromatic heterocycles. The summed E-state index contributed by atoms with van der Waals surface area (Å²) in [6, 6.07) is 0. The molecule has 11 heavy (non-hydrogen) atoms. The normalized spacial score (nSPS) is 36.2. The van der Waals surface area contributed by atoms with Crippen LogP contribution in [0, 0.1) is 0 Å². The van der Waals surface area contributed by atoms with Crippen LogP contribution in [0.1, 0.15) is 19.3 Å². The Balaban J connectivity index is 2.15. The number of carbonyl (C=O) groups excluding carboxylic acids is 1. The summed E-state index contributed by atoms with van der Waals surface area (Å²) in [5, 5.41) is 0. The average Bonchev–Trinajstić information content (AvgIpc) is 2.37. The fourth-order valence-electron chi connectivity index (χ4n) is 1.50. The van der Waals surface area contributed by atoms with Crippen molar-refractivity contribution in [2.24, 2.45) is 0 Å². The second kappa shape index (κ2) is 2.34. The van der Waals surface area contributed by atoms with Gasteiger partial charge in [0.05, 0.1) is 19.3 Å². The van der Waals surface area contributed by atoms with Crippen LogP contribution < -0.4 is 0 Å². The van der Waals surface area contributed by atoms with E-state index in [0.29, 0.717) is 13.0 Å². The van der Waals surface area contributed by atoms with Crippen LogP contribution in [0.25, 0.3) is 0 Å². The molecule has 0 N–H and O–H groups in total. The maximum Gasteiger partial charge on any atom is 0.217 e. The second-order valence-corrected chi connectivity index (χ2v) is 2.93. The highest BCUT2D eigenvalue weighted by atomic mass is 16.7. The first-order chi connectivity index (χ1) is 5.31. The van der Waals surface area contributed by atoms with Gasteiger partial charge in [-0.15, -0.1) is 0 Å². The van der Waals surface area contributed by atoms with Gasteiger partial charge in [0.2, 0.25) is 5.79 Å². The van der Waals surface area contributed by atoms with E-state index in [1.54, 1.807) is 0 Å². The van der Waals surface area contributed by atoms with Gasteiger partial charge in [0.15, 0.2) is 5.78 Å². The van der Waals surface area contributed by atoms with Crippen molar-refractivity contribution in [3.63, 3.8) is 0 Å². The molecule has 2 rings (SSSR count). The van der Waals surface area contributed by atoms with Gasteiger partial charge in [-0.3, -0.25) is 4.79 Å². The maximum absolute atomic E-state index is 11.0. The van der Waals surface area contributed by atoms with E-state index < -0.39 is 5.79 Å². The Morgan fingerprint density at radius 2 is 2.45 bits per heavy atom. The van der Waals surface area contributed by atoms with E-state index in [0.717, 1.165) is 12.8 Å². The highest BCUT2D eigenvalue weighted by molar-refractivity contribution is 5.90. The zero-order valence-corrected chi connectivity index (χ0v) is 6.21. The third-order valence-corrected chi connectivity index (χ3v) is 2.05. The minimum atomic E-state index is -0.591. The Bertz CT molecular complexity index is 201. The summed E-state index contributed by atoms with van der Waals surface area (Å²) < 4.78 is 10.6. The molecule has 1 spiro atoms. The molecule has 0 amide bonds. The molecule has 1 fully saturated rings. The van der Waals surface area contributed by atoms with Crippen molar-refractivity contribution in [3.8, 4) is 0 Å². The molecule has 3 nitrogen and oxygen atoms in total. The van der Waals surface area contributed by atoms with Gasteiger partial charge in [-0.25, -0.2) is 0 Å². The van der Waals surface area contributed by atoms with E-state index in [1.165, 1.54) is 12.3 Å². The predicted octanol–water partition coefficient (Wildman–Crippen LogP) is 0.996. The van der Waals surface area contributed by atoms with Crippen LogP contribution in [0.3, 0.4) is 0 Å². The van der Waals surface area contributed by atoms with Gasteiger partial charge >= 0.3 is 0 Å². The Kier molecular flexibility index (Phi) is 1.46. The molecule has 1 atom stereocenters. The quantitative estimate of drug-likeness (QED) is 0.522. The minimum Gasteiger partial charge on any atom is -0.469 e. The molecule has 1 saturated heterocycles. The maximum atomic E-state index is 11.0. The van der Waals surface area contributed by atoms with Crippen molar-refractivity contribution < 1.29 is 14.3 Å². The molecule has 2 heterocycles. The van der Waals surface area contributed by atoms with Gasteiger partial charge in [0.1, 0.15) is 0 Å². The van der Waals surface area contributed by atoms with E-state index in [1.807, 2.05) is 0 Å². The largest absolute Gasteiger partial charge is 0.469 e. The first-order valence-corrected chi connectivity index (χ1v) is 3.82. The van der Waals surface area contributed by atoms with Crippen LogP contribution in [0.2, 0.25) is 0 Å². The summed E-state index contributed by atoms with van der Waals surface area (Å²) >= 11 is 0. The smallest absolute Gasteiger partial charge is 0.217 e. The summed E-state index contributed by atoms with van der Waals surface area (Å²) in [4.78, 5) is 11.0. The van der Waals surface area contributed by atoms with Crippen LogP contribution >= 0.6 is 0 Å². The fourth-order valence-corrected chi connectivity index (χ4v) is 1.50. The molecular formula is C8H10O3. The van der Waals surface area contributed by atoms with Crippen molar-refractivity contribution in [3.05, 3.63) is 12.3 Å². The first kappa shape index (κ1) is 6.85. The molecule has 0 radical (unpaired) electrons.